The molecule has 3 rings (SSSR count). The summed E-state index contributed by atoms with van der Waals surface area (Å²) >= 11 is 1.61. The number of hydrogen-bond donors (Lipinski definition) is 2. The van der Waals surface area contributed by atoms with E-state index in [1.165, 1.54) is 11.1 Å². The van der Waals surface area contributed by atoms with Crippen LogP contribution in [0.5, 0.6) is 0 Å². The predicted molar refractivity (Wildman–Crippen MR) is 74.9 cm³/mol. The van der Waals surface area contributed by atoms with E-state index in [-0.39, 0.29) is 6.10 Å². The van der Waals surface area contributed by atoms with E-state index in [2.05, 4.69) is 29.6 Å². The Bertz CT molecular complexity index is 484. The molecule has 1 unspecified atom stereocenters. The van der Waals surface area contributed by atoms with Gasteiger partial charge in [0.1, 0.15) is 6.10 Å². The fraction of sp³-hybridized carbons (Fsp3) is 0.333. The minimum atomic E-state index is -0.381. The summed E-state index contributed by atoms with van der Waals surface area (Å²) in [6.07, 6.45) is 1.77. The smallest absolute Gasteiger partial charge is 0.101 e. The Hall–Kier alpha value is -1.16. The number of hydrogen-bond acceptors (Lipinski definition) is 3. The zero-order chi connectivity index (χ0) is 12.4. The number of nitrogens with one attached hydrogen (secondary N) is 1. The van der Waals surface area contributed by atoms with Crippen molar-refractivity contribution in [2.75, 3.05) is 6.54 Å². The lowest BCUT2D eigenvalue weighted by Gasteiger charge is -2.15. The minimum absolute atomic E-state index is 0.381. The number of benzene rings is 1. The van der Waals surface area contributed by atoms with Gasteiger partial charge in [0.25, 0.3) is 0 Å². The molecule has 0 aliphatic heterocycles. The van der Waals surface area contributed by atoms with Gasteiger partial charge in [-0.15, -0.1) is 11.3 Å². The monoisotopic (exact) mass is 259 g/mol. The van der Waals surface area contributed by atoms with E-state index in [1.54, 1.807) is 11.3 Å². The van der Waals surface area contributed by atoms with E-state index in [4.69, 9.17) is 0 Å². The fourth-order valence-electron chi connectivity index (χ4n) is 2.56. The maximum atomic E-state index is 10.0. The highest BCUT2D eigenvalue weighted by atomic mass is 32.1. The molecular weight excluding hydrogens is 242 g/mol. The van der Waals surface area contributed by atoms with Gasteiger partial charge in [-0.3, -0.25) is 0 Å². The Balaban J connectivity index is 1.54. The number of thiophene rings is 1. The predicted octanol–water partition coefficient (Wildman–Crippen LogP) is 2.54. The van der Waals surface area contributed by atoms with Crippen LogP contribution in [0.4, 0.5) is 0 Å². The van der Waals surface area contributed by atoms with Crippen LogP contribution in [0.25, 0.3) is 0 Å². The zero-order valence-electron chi connectivity index (χ0n) is 10.2. The average Bonchev–Trinajstić information content (AvgIpc) is 3.04. The molecular formula is C15H17NOS. The maximum Gasteiger partial charge on any atom is 0.101 e. The van der Waals surface area contributed by atoms with Gasteiger partial charge < -0.3 is 10.4 Å². The van der Waals surface area contributed by atoms with Gasteiger partial charge in [0, 0.05) is 17.5 Å². The summed E-state index contributed by atoms with van der Waals surface area (Å²) in [6, 6.07) is 13.0. The van der Waals surface area contributed by atoms with E-state index in [0.29, 0.717) is 12.6 Å². The van der Waals surface area contributed by atoms with Crippen molar-refractivity contribution in [1.82, 2.24) is 5.32 Å². The van der Waals surface area contributed by atoms with Gasteiger partial charge in [-0.05, 0) is 35.4 Å². The van der Waals surface area contributed by atoms with Crippen LogP contribution in [-0.4, -0.2) is 17.7 Å². The molecule has 0 radical (unpaired) electrons. The van der Waals surface area contributed by atoms with Crippen LogP contribution in [0, 0.1) is 0 Å². The van der Waals surface area contributed by atoms with Crippen molar-refractivity contribution in [3.8, 4) is 0 Å². The molecule has 0 saturated carbocycles. The highest BCUT2D eigenvalue weighted by Crippen LogP contribution is 2.23. The zero-order valence-corrected chi connectivity index (χ0v) is 11.0. The fourth-order valence-corrected chi connectivity index (χ4v) is 3.27. The lowest BCUT2D eigenvalue weighted by atomic mass is 10.1. The van der Waals surface area contributed by atoms with Crippen molar-refractivity contribution in [1.29, 1.82) is 0 Å². The van der Waals surface area contributed by atoms with Crippen LogP contribution in [0.2, 0.25) is 0 Å². The third-order valence-electron chi connectivity index (χ3n) is 3.52. The Labute approximate surface area is 111 Å². The Kier molecular flexibility index (Phi) is 3.46. The molecule has 94 valence electrons. The van der Waals surface area contributed by atoms with Gasteiger partial charge in [0.05, 0.1) is 0 Å². The largest absolute Gasteiger partial charge is 0.386 e. The molecule has 1 aliphatic carbocycles. The van der Waals surface area contributed by atoms with Crippen LogP contribution in [0.3, 0.4) is 0 Å². The number of aliphatic hydroxyl groups excluding tert-OH is 1. The SMILES string of the molecule is OC(CNC1Cc2ccccc2C1)c1cccs1. The second-order valence-electron chi connectivity index (χ2n) is 4.81. The first-order valence-electron chi connectivity index (χ1n) is 6.34. The average molecular weight is 259 g/mol. The van der Waals surface area contributed by atoms with Gasteiger partial charge >= 0.3 is 0 Å². The number of aliphatic hydroxyl groups is 1. The van der Waals surface area contributed by atoms with Gasteiger partial charge in [-0.1, -0.05) is 30.3 Å². The molecule has 0 saturated heterocycles. The van der Waals surface area contributed by atoms with E-state index in [1.807, 2.05) is 17.5 Å². The first-order chi connectivity index (χ1) is 8.83. The molecule has 3 heteroatoms. The normalized spacial score (nSPS) is 16.7. The van der Waals surface area contributed by atoms with Crippen LogP contribution < -0.4 is 5.32 Å². The Morgan fingerprint density at radius 2 is 1.89 bits per heavy atom. The van der Waals surface area contributed by atoms with Crippen molar-refractivity contribution in [3.63, 3.8) is 0 Å². The lowest BCUT2D eigenvalue weighted by Crippen LogP contribution is -2.33. The van der Waals surface area contributed by atoms with E-state index >= 15 is 0 Å². The van der Waals surface area contributed by atoms with E-state index in [0.717, 1.165) is 17.7 Å². The molecule has 1 atom stereocenters. The second-order valence-corrected chi connectivity index (χ2v) is 5.79. The quantitative estimate of drug-likeness (QED) is 0.884. The van der Waals surface area contributed by atoms with Crippen molar-refractivity contribution in [3.05, 3.63) is 57.8 Å². The van der Waals surface area contributed by atoms with E-state index in [9.17, 15) is 5.11 Å². The standard InChI is InChI=1S/C15H17NOS/c17-14(15-6-3-7-18-15)10-16-13-8-11-4-1-2-5-12(11)9-13/h1-7,13-14,16-17H,8-10H2. The Morgan fingerprint density at radius 3 is 2.50 bits per heavy atom. The lowest BCUT2D eigenvalue weighted by molar-refractivity contribution is 0.174. The molecule has 2 nitrogen and oxygen atoms in total. The summed E-state index contributed by atoms with van der Waals surface area (Å²) in [4.78, 5) is 1.04. The van der Waals surface area contributed by atoms with Crippen LogP contribution in [0.1, 0.15) is 22.1 Å². The maximum absolute atomic E-state index is 10.0. The summed E-state index contributed by atoms with van der Waals surface area (Å²) in [5.41, 5.74) is 2.89. The summed E-state index contributed by atoms with van der Waals surface area (Å²) in [6.45, 7) is 0.638. The van der Waals surface area contributed by atoms with Crippen molar-refractivity contribution < 1.29 is 5.11 Å². The van der Waals surface area contributed by atoms with E-state index < -0.39 is 0 Å². The minimum Gasteiger partial charge on any atom is -0.386 e. The topological polar surface area (TPSA) is 32.3 Å². The van der Waals surface area contributed by atoms with Crippen LogP contribution in [-0.2, 0) is 12.8 Å². The number of fused-ring (bicyclic) bond motifs is 1. The Morgan fingerprint density at radius 1 is 1.17 bits per heavy atom. The first-order valence-corrected chi connectivity index (χ1v) is 7.22. The first kappa shape index (κ1) is 11.9. The van der Waals surface area contributed by atoms with Crippen LogP contribution in [0.15, 0.2) is 41.8 Å². The molecule has 2 aromatic rings. The summed E-state index contributed by atoms with van der Waals surface area (Å²) in [7, 11) is 0. The highest BCUT2D eigenvalue weighted by Gasteiger charge is 2.21. The van der Waals surface area contributed by atoms with Gasteiger partial charge in [0.2, 0.25) is 0 Å². The van der Waals surface area contributed by atoms with Gasteiger partial charge in [0.15, 0.2) is 0 Å². The van der Waals surface area contributed by atoms with Gasteiger partial charge in [-0.25, -0.2) is 0 Å². The molecule has 1 aromatic carbocycles. The third kappa shape index (κ3) is 2.48. The molecule has 0 spiro atoms. The molecule has 0 amide bonds. The summed E-state index contributed by atoms with van der Waals surface area (Å²) in [5.74, 6) is 0. The second kappa shape index (κ2) is 5.22. The van der Waals surface area contributed by atoms with Crippen molar-refractivity contribution >= 4 is 11.3 Å². The molecule has 18 heavy (non-hydrogen) atoms. The highest BCUT2D eigenvalue weighted by molar-refractivity contribution is 7.10. The molecule has 2 N–H and O–H groups in total. The molecule has 0 bridgehead atoms. The van der Waals surface area contributed by atoms with Crippen molar-refractivity contribution in [2.24, 2.45) is 0 Å². The molecule has 1 aliphatic rings. The molecule has 1 aromatic heterocycles. The third-order valence-corrected chi connectivity index (χ3v) is 4.50. The van der Waals surface area contributed by atoms with Crippen molar-refractivity contribution in [2.45, 2.75) is 25.0 Å². The number of rotatable bonds is 4. The molecule has 1 heterocycles. The van der Waals surface area contributed by atoms with Gasteiger partial charge in [-0.2, -0.15) is 0 Å². The van der Waals surface area contributed by atoms with Crippen LogP contribution >= 0.6 is 11.3 Å². The summed E-state index contributed by atoms with van der Waals surface area (Å²) in [5, 5.41) is 15.5. The summed E-state index contributed by atoms with van der Waals surface area (Å²) < 4.78 is 0. The molecule has 0 fully saturated rings.